The zero-order valence-electron chi connectivity index (χ0n) is 17.0. The molecule has 5 heteroatoms. The molecule has 156 valence electrons. The van der Waals surface area contributed by atoms with Gasteiger partial charge in [-0.15, -0.1) is 0 Å². The number of nitrogens with zero attached hydrogens (tertiary/aromatic N) is 1. The lowest BCUT2D eigenvalue weighted by molar-refractivity contribution is -0.140. The Morgan fingerprint density at radius 2 is 1.72 bits per heavy atom. The number of rotatable bonds is 5. The van der Waals surface area contributed by atoms with E-state index < -0.39 is 5.97 Å². The van der Waals surface area contributed by atoms with Gasteiger partial charge in [-0.1, -0.05) is 12.8 Å². The summed E-state index contributed by atoms with van der Waals surface area (Å²) in [7, 11) is 0. The number of carbonyl (C=O) groups excluding carboxylic acids is 1. The number of aromatic carboxylic acids is 1. The normalized spacial score (nSPS) is 33.7. The molecule has 0 aromatic heterocycles. The van der Waals surface area contributed by atoms with Gasteiger partial charge in [0.15, 0.2) is 0 Å². The average Bonchev–Trinajstić information content (AvgIpc) is 3.24. The monoisotopic (exact) mass is 397 g/mol. The van der Waals surface area contributed by atoms with Gasteiger partial charge in [0.2, 0.25) is 5.91 Å². The molecule has 29 heavy (non-hydrogen) atoms. The van der Waals surface area contributed by atoms with Crippen molar-refractivity contribution in [3.63, 3.8) is 0 Å². The number of likely N-dealkylation sites (tertiary alicyclic amines) is 1. The van der Waals surface area contributed by atoms with E-state index in [9.17, 15) is 9.59 Å². The maximum absolute atomic E-state index is 13.4. The minimum Gasteiger partial charge on any atom is -0.493 e. The predicted octanol–water partition coefficient (Wildman–Crippen LogP) is 4.22. The van der Waals surface area contributed by atoms with Gasteiger partial charge in [-0.3, -0.25) is 4.79 Å². The number of amides is 1. The zero-order valence-corrected chi connectivity index (χ0v) is 17.0. The van der Waals surface area contributed by atoms with Crippen LogP contribution in [0.3, 0.4) is 0 Å². The van der Waals surface area contributed by atoms with Crippen LogP contribution in [0.25, 0.3) is 0 Å². The second-order valence-electron chi connectivity index (χ2n) is 9.92. The first kappa shape index (κ1) is 19.0. The van der Waals surface area contributed by atoms with Gasteiger partial charge in [0, 0.05) is 13.1 Å². The maximum atomic E-state index is 13.4. The molecule has 1 heterocycles. The van der Waals surface area contributed by atoms with Crippen LogP contribution in [0.2, 0.25) is 0 Å². The van der Waals surface area contributed by atoms with Gasteiger partial charge in [0.1, 0.15) is 5.75 Å². The van der Waals surface area contributed by atoms with Crippen LogP contribution in [-0.4, -0.2) is 41.6 Å². The molecule has 1 aromatic rings. The molecular formula is C24H31NO4. The number of piperidine rings is 1. The van der Waals surface area contributed by atoms with Gasteiger partial charge in [-0.25, -0.2) is 4.79 Å². The molecule has 5 rings (SSSR count). The van der Waals surface area contributed by atoms with E-state index in [0.29, 0.717) is 30.1 Å². The van der Waals surface area contributed by atoms with Gasteiger partial charge >= 0.3 is 5.97 Å². The molecule has 4 aliphatic rings. The van der Waals surface area contributed by atoms with Crippen LogP contribution in [0.15, 0.2) is 24.3 Å². The van der Waals surface area contributed by atoms with Crippen LogP contribution < -0.4 is 4.74 Å². The average molecular weight is 398 g/mol. The van der Waals surface area contributed by atoms with Crippen molar-refractivity contribution in [3.8, 4) is 5.75 Å². The lowest BCUT2D eigenvalue weighted by Crippen LogP contribution is -2.44. The first-order valence-corrected chi connectivity index (χ1v) is 11.3. The molecule has 1 unspecified atom stereocenters. The van der Waals surface area contributed by atoms with Crippen LogP contribution in [-0.2, 0) is 4.79 Å². The van der Waals surface area contributed by atoms with E-state index in [1.807, 2.05) is 0 Å². The predicted molar refractivity (Wildman–Crippen MR) is 109 cm³/mol. The van der Waals surface area contributed by atoms with Crippen molar-refractivity contribution < 1.29 is 19.4 Å². The van der Waals surface area contributed by atoms with E-state index in [1.54, 1.807) is 24.3 Å². The summed E-state index contributed by atoms with van der Waals surface area (Å²) in [4.78, 5) is 26.4. The highest BCUT2D eigenvalue weighted by Gasteiger charge is 2.63. The van der Waals surface area contributed by atoms with Crippen molar-refractivity contribution >= 4 is 11.9 Å². The van der Waals surface area contributed by atoms with Crippen LogP contribution in [0.1, 0.15) is 61.7 Å². The Kier molecular flexibility index (Phi) is 4.79. The molecule has 4 atom stereocenters. The summed E-state index contributed by atoms with van der Waals surface area (Å²) >= 11 is 0. The topological polar surface area (TPSA) is 66.8 Å². The van der Waals surface area contributed by atoms with E-state index in [2.05, 4.69) is 4.90 Å². The third-order valence-corrected chi connectivity index (χ3v) is 8.07. The Morgan fingerprint density at radius 1 is 1.00 bits per heavy atom. The Morgan fingerprint density at radius 3 is 2.45 bits per heavy atom. The second-order valence-corrected chi connectivity index (χ2v) is 9.92. The summed E-state index contributed by atoms with van der Waals surface area (Å²) in [6.07, 6.45) is 9.70. The molecule has 1 aliphatic heterocycles. The smallest absolute Gasteiger partial charge is 0.335 e. The van der Waals surface area contributed by atoms with Crippen LogP contribution in [0.5, 0.6) is 5.75 Å². The molecule has 0 radical (unpaired) electrons. The molecule has 1 aromatic carbocycles. The third kappa shape index (κ3) is 3.64. The van der Waals surface area contributed by atoms with Crippen LogP contribution in [0.4, 0.5) is 0 Å². The highest BCUT2D eigenvalue weighted by molar-refractivity contribution is 5.87. The molecule has 2 bridgehead atoms. The third-order valence-electron chi connectivity index (χ3n) is 8.07. The van der Waals surface area contributed by atoms with Crippen molar-refractivity contribution in [2.45, 2.75) is 51.4 Å². The number of benzene rings is 1. The van der Waals surface area contributed by atoms with Crippen molar-refractivity contribution in [3.05, 3.63) is 29.8 Å². The highest BCUT2D eigenvalue weighted by Crippen LogP contribution is 2.65. The first-order chi connectivity index (χ1) is 14.0. The lowest BCUT2D eigenvalue weighted by atomic mass is 9.87. The number of carbonyl (C=O) groups is 2. The molecule has 3 saturated carbocycles. The quantitative estimate of drug-likeness (QED) is 0.808. The fourth-order valence-corrected chi connectivity index (χ4v) is 6.31. The summed E-state index contributed by atoms with van der Waals surface area (Å²) in [5.74, 6) is 3.06. The molecule has 0 spiro atoms. The number of hydrogen-bond donors (Lipinski definition) is 1. The van der Waals surface area contributed by atoms with E-state index in [1.165, 1.54) is 25.7 Å². The first-order valence-electron chi connectivity index (χ1n) is 11.3. The Labute approximate surface area is 172 Å². The van der Waals surface area contributed by atoms with Crippen molar-refractivity contribution in [1.82, 2.24) is 4.90 Å². The van der Waals surface area contributed by atoms with E-state index in [0.717, 1.165) is 50.6 Å². The highest BCUT2D eigenvalue weighted by atomic mass is 16.5. The molecule has 5 nitrogen and oxygen atoms in total. The fourth-order valence-electron chi connectivity index (χ4n) is 6.31. The zero-order chi connectivity index (χ0) is 20.0. The Balaban J connectivity index is 1.11. The van der Waals surface area contributed by atoms with Gasteiger partial charge in [0.05, 0.1) is 17.6 Å². The summed E-state index contributed by atoms with van der Waals surface area (Å²) in [6.45, 7) is 2.34. The molecule has 3 aliphatic carbocycles. The van der Waals surface area contributed by atoms with Gasteiger partial charge < -0.3 is 14.7 Å². The van der Waals surface area contributed by atoms with E-state index in [4.69, 9.17) is 9.84 Å². The maximum Gasteiger partial charge on any atom is 0.335 e. The molecule has 1 N–H and O–H groups in total. The second kappa shape index (κ2) is 7.33. The van der Waals surface area contributed by atoms with Gasteiger partial charge in [-0.2, -0.15) is 0 Å². The molecule has 1 saturated heterocycles. The van der Waals surface area contributed by atoms with Gasteiger partial charge in [0.25, 0.3) is 0 Å². The van der Waals surface area contributed by atoms with E-state index in [-0.39, 0.29) is 11.0 Å². The Hall–Kier alpha value is -2.04. The largest absolute Gasteiger partial charge is 0.493 e. The van der Waals surface area contributed by atoms with Crippen molar-refractivity contribution in [1.29, 1.82) is 0 Å². The number of hydrogen-bond acceptors (Lipinski definition) is 3. The number of ether oxygens (including phenoxy) is 1. The lowest BCUT2D eigenvalue weighted by Gasteiger charge is -2.35. The van der Waals surface area contributed by atoms with E-state index >= 15 is 0 Å². The number of carboxylic acids is 1. The summed E-state index contributed by atoms with van der Waals surface area (Å²) in [5.41, 5.74) is 0.281. The minimum atomic E-state index is -0.924. The van der Waals surface area contributed by atoms with Gasteiger partial charge in [-0.05, 0) is 86.5 Å². The number of carboxylic acid groups (broad SMARTS) is 1. The van der Waals surface area contributed by atoms with Crippen LogP contribution in [0, 0.1) is 29.1 Å². The molecule has 1 amide bonds. The van der Waals surface area contributed by atoms with Crippen molar-refractivity contribution in [2.75, 3.05) is 19.7 Å². The standard InChI is InChI=1S/C24H31NO4/c26-22(27)19-3-5-21(6-4-19)29-15-16-7-9-25(10-8-16)23(28)24-13-18-2-1-17(11-18)12-20(24)14-24/h3-6,16-18,20H,1-2,7-15H2,(H,26,27)/t17-,18-,20?,24-/m1/s1. The summed E-state index contributed by atoms with van der Waals surface area (Å²) < 4.78 is 5.87. The molecule has 4 fully saturated rings. The minimum absolute atomic E-state index is 0.00899. The SMILES string of the molecule is O=C(O)c1ccc(OCC2CCN(C(=O)[C@]34CC3C[C@@H]3CC[C@H](C3)C4)CC2)cc1. The summed E-state index contributed by atoms with van der Waals surface area (Å²) in [5, 5.41) is 8.97. The van der Waals surface area contributed by atoms with Crippen LogP contribution >= 0.6 is 0 Å². The fraction of sp³-hybridized carbons (Fsp3) is 0.667. The molecular weight excluding hydrogens is 366 g/mol. The number of fused-ring (bicyclic) bond motifs is 3. The Bertz CT molecular complexity index is 783. The van der Waals surface area contributed by atoms with Crippen molar-refractivity contribution in [2.24, 2.45) is 29.1 Å². The summed E-state index contributed by atoms with van der Waals surface area (Å²) in [6, 6.07) is 6.58.